The van der Waals surface area contributed by atoms with Crippen LogP contribution in [0.4, 0.5) is 5.82 Å². The molecule has 0 spiro atoms. The molecule has 5 nitrogen and oxygen atoms in total. The van der Waals surface area contributed by atoms with E-state index in [1.54, 1.807) is 0 Å². The molecule has 1 amide bonds. The molecule has 0 radical (unpaired) electrons. The summed E-state index contributed by atoms with van der Waals surface area (Å²) < 4.78 is 0. The lowest BCUT2D eigenvalue weighted by Crippen LogP contribution is -2.25. The third-order valence-corrected chi connectivity index (χ3v) is 4.74. The van der Waals surface area contributed by atoms with E-state index in [0.29, 0.717) is 17.9 Å². The van der Waals surface area contributed by atoms with Crippen molar-refractivity contribution >= 4 is 11.7 Å². The maximum atomic E-state index is 12.4. The van der Waals surface area contributed by atoms with E-state index in [1.165, 1.54) is 18.4 Å². The van der Waals surface area contributed by atoms with Gasteiger partial charge in [0.2, 0.25) is 0 Å². The Morgan fingerprint density at radius 3 is 2.38 bits per heavy atom. The second-order valence-electron chi connectivity index (χ2n) is 7.99. The SMILES string of the molecule is Cc1cc(N2CCCC2)nc(CNC(=O)c2ccc(C(C)(C)C)cc2)n1. The highest BCUT2D eigenvalue weighted by Gasteiger charge is 2.16. The molecule has 0 atom stereocenters. The van der Waals surface area contributed by atoms with Gasteiger partial charge >= 0.3 is 0 Å². The summed E-state index contributed by atoms with van der Waals surface area (Å²) in [5.74, 6) is 1.53. The van der Waals surface area contributed by atoms with Gasteiger partial charge in [0.25, 0.3) is 5.91 Å². The van der Waals surface area contributed by atoms with Crippen LogP contribution in [0.1, 0.15) is 61.1 Å². The number of nitrogens with one attached hydrogen (secondary N) is 1. The number of anilines is 1. The molecular formula is C21H28N4O. The number of carbonyl (C=O) groups is 1. The zero-order valence-corrected chi connectivity index (χ0v) is 16.2. The molecule has 0 aliphatic carbocycles. The van der Waals surface area contributed by atoms with Crippen LogP contribution in [-0.2, 0) is 12.0 Å². The molecule has 0 bridgehead atoms. The highest BCUT2D eigenvalue weighted by atomic mass is 16.1. The molecule has 0 unspecified atom stereocenters. The van der Waals surface area contributed by atoms with Crippen molar-refractivity contribution in [2.75, 3.05) is 18.0 Å². The Labute approximate surface area is 155 Å². The van der Waals surface area contributed by atoms with Gasteiger partial charge in [-0.15, -0.1) is 0 Å². The molecule has 1 fully saturated rings. The van der Waals surface area contributed by atoms with E-state index in [1.807, 2.05) is 37.3 Å². The number of carbonyl (C=O) groups excluding carboxylic acids is 1. The van der Waals surface area contributed by atoms with Crippen LogP contribution in [-0.4, -0.2) is 29.0 Å². The van der Waals surface area contributed by atoms with Gasteiger partial charge in [-0.05, 0) is 42.9 Å². The first-order valence-electron chi connectivity index (χ1n) is 9.31. The Kier molecular flexibility index (Phi) is 5.25. The third-order valence-electron chi connectivity index (χ3n) is 4.74. The minimum Gasteiger partial charge on any atom is -0.357 e. The van der Waals surface area contributed by atoms with Crippen LogP contribution in [0.25, 0.3) is 0 Å². The molecule has 26 heavy (non-hydrogen) atoms. The molecule has 1 aliphatic rings. The molecule has 1 aromatic heterocycles. The van der Waals surface area contributed by atoms with Crippen LogP contribution in [0.15, 0.2) is 30.3 Å². The van der Waals surface area contributed by atoms with Gasteiger partial charge in [0.05, 0.1) is 6.54 Å². The van der Waals surface area contributed by atoms with Crippen LogP contribution in [0.3, 0.4) is 0 Å². The van der Waals surface area contributed by atoms with Gasteiger partial charge in [0.1, 0.15) is 11.6 Å². The van der Waals surface area contributed by atoms with E-state index in [0.717, 1.165) is 24.6 Å². The monoisotopic (exact) mass is 352 g/mol. The molecule has 138 valence electrons. The lowest BCUT2D eigenvalue weighted by molar-refractivity contribution is 0.0949. The molecule has 2 aromatic rings. The second-order valence-corrected chi connectivity index (χ2v) is 7.99. The van der Waals surface area contributed by atoms with Gasteiger partial charge in [0.15, 0.2) is 0 Å². The van der Waals surface area contributed by atoms with Crippen molar-refractivity contribution in [3.8, 4) is 0 Å². The summed E-state index contributed by atoms with van der Waals surface area (Å²) in [5.41, 5.74) is 2.88. The molecule has 1 saturated heterocycles. The first-order valence-corrected chi connectivity index (χ1v) is 9.31. The van der Waals surface area contributed by atoms with E-state index in [-0.39, 0.29) is 11.3 Å². The first kappa shape index (κ1) is 18.4. The Morgan fingerprint density at radius 1 is 1.12 bits per heavy atom. The van der Waals surface area contributed by atoms with Crippen LogP contribution in [0.2, 0.25) is 0 Å². The van der Waals surface area contributed by atoms with E-state index in [2.05, 4.69) is 41.0 Å². The van der Waals surface area contributed by atoms with Crippen molar-refractivity contribution in [2.24, 2.45) is 0 Å². The zero-order valence-electron chi connectivity index (χ0n) is 16.2. The van der Waals surface area contributed by atoms with Crippen molar-refractivity contribution < 1.29 is 4.79 Å². The quantitative estimate of drug-likeness (QED) is 0.913. The van der Waals surface area contributed by atoms with E-state index >= 15 is 0 Å². The largest absolute Gasteiger partial charge is 0.357 e. The smallest absolute Gasteiger partial charge is 0.251 e. The summed E-state index contributed by atoms with van der Waals surface area (Å²) in [6.07, 6.45) is 2.42. The van der Waals surface area contributed by atoms with Gasteiger partial charge in [0, 0.05) is 30.4 Å². The van der Waals surface area contributed by atoms with Gasteiger partial charge in [-0.25, -0.2) is 9.97 Å². The average molecular weight is 352 g/mol. The number of hydrogen-bond donors (Lipinski definition) is 1. The highest BCUT2D eigenvalue weighted by molar-refractivity contribution is 5.94. The predicted molar refractivity (Wildman–Crippen MR) is 105 cm³/mol. The van der Waals surface area contributed by atoms with Crippen molar-refractivity contribution in [3.05, 3.63) is 53.0 Å². The molecule has 0 saturated carbocycles. The number of hydrogen-bond acceptors (Lipinski definition) is 4. The van der Waals surface area contributed by atoms with Crippen LogP contribution in [0.5, 0.6) is 0 Å². The van der Waals surface area contributed by atoms with Crippen molar-refractivity contribution in [3.63, 3.8) is 0 Å². The van der Waals surface area contributed by atoms with Gasteiger partial charge < -0.3 is 10.2 Å². The lowest BCUT2D eigenvalue weighted by Gasteiger charge is -2.19. The van der Waals surface area contributed by atoms with Crippen LogP contribution < -0.4 is 10.2 Å². The predicted octanol–water partition coefficient (Wildman–Crippen LogP) is 3.61. The standard InChI is InChI=1S/C21H28N4O/c1-15-13-19(25-11-5-6-12-25)24-18(23-15)14-22-20(26)16-7-9-17(10-8-16)21(2,3)4/h7-10,13H,5-6,11-12,14H2,1-4H3,(H,22,26). The first-order chi connectivity index (χ1) is 12.3. The fourth-order valence-corrected chi connectivity index (χ4v) is 3.18. The molecule has 1 aliphatic heterocycles. The number of aromatic nitrogens is 2. The fraction of sp³-hybridized carbons (Fsp3) is 0.476. The molecular weight excluding hydrogens is 324 g/mol. The van der Waals surface area contributed by atoms with Crippen molar-refractivity contribution in [2.45, 2.75) is 52.5 Å². The molecule has 1 N–H and O–H groups in total. The van der Waals surface area contributed by atoms with Gasteiger partial charge in [-0.2, -0.15) is 0 Å². The lowest BCUT2D eigenvalue weighted by atomic mass is 9.87. The number of aryl methyl sites for hydroxylation is 1. The summed E-state index contributed by atoms with van der Waals surface area (Å²) in [6, 6.07) is 9.81. The minimum atomic E-state index is -0.0988. The average Bonchev–Trinajstić information content (AvgIpc) is 3.13. The summed E-state index contributed by atoms with van der Waals surface area (Å²) in [4.78, 5) is 23.8. The van der Waals surface area contributed by atoms with Crippen molar-refractivity contribution in [1.82, 2.24) is 15.3 Å². The Hall–Kier alpha value is -2.43. The molecule has 1 aromatic carbocycles. The van der Waals surface area contributed by atoms with E-state index in [9.17, 15) is 4.79 Å². The molecule has 3 rings (SSSR count). The maximum Gasteiger partial charge on any atom is 0.251 e. The number of benzene rings is 1. The highest BCUT2D eigenvalue weighted by Crippen LogP contribution is 2.22. The number of rotatable bonds is 4. The van der Waals surface area contributed by atoms with Crippen LogP contribution >= 0.6 is 0 Å². The second kappa shape index (κ2) is 7.44. The fourth-order valence-electron chi connectivity index (χ4n) is 3.18. The van der Waals surface area contributed by atoms with E-state index < -0.39 is 0 Å². The Morgan fingerprint density at radius 2 is 1.77 bits per heavy atom. The number of nitrogens with zero attached hydrogens (tertiary/aromatic N) is 3. The van der Waals surface area contributed by atoms with Gasteiger partial charge in [-0.1, -0.05) is 32.9 Å². The summed E-state index contributed by atoms with van der Waals surface area (Å²) >= 11 is 0. The van der Waals surface area contributed by atoms with Gasteiger partial charge in [-0.3, -0.25) is 4.79 Å². The number of amides is 1. The summed E-state index contributed by atoms with van der Waals surface area (Å²) in [5, 5.41) is 2.94. The minimum absolute atomic E-state index is 0.0797. The molecule has 5 heteroatoms. The summed E-state index contributed by atoms with van der Waals surface area (Å²) in [6.45, 7) is 10.9. The van der Waals surface area contributed by atoms with Crippen LogP contribution in [0, 0.1) is 6.92 Å². The Balaban J connectivity index is 1.65. The summed E-state index contributed by atoms with van der Waals surface area (Å²) in [7, 11) is 0. The zero-order chi connectivity index (χ0) is 18.7. The molecule has 2 heterocycles. The Bertz CT molecular complexity index is 772. The normalized spacial score (nSPS) is 14.5. The maximum absolute atomic E-state index is 12.4. The van der Waals surface area contributed by atoms with Crippen molar-refractivity contribution in [1.29, 1.82) is 0 Å². The third kappa shape index (κ3) is 4.40. The van der Waals surface area contributed by atoms with E-state index in [4.69, 9.17) is 0 Å². The topological polar surface area (TPSA) is 58.1 Å².